The van der Waals surface area contributed by atoms with Gasteiger partial charge in [0.2, 0.25) is 0 Å². The van der Waals surface area contributed by atoms with Crippen molar-refractivity contribution in [1.29, 1.82) is 5.26 Å². The summed E-state index contributed by atoms with van der Waals surface area (Å²) in [5.74, 6) is 0.616. The van der Waals surface area contributed by atoms with Crippen molar-refractivity contribution in [2.45, 2.75) is 19.3 Å². The Bertz CT molecular complexity index is 1350. The van der Waals surface area contributed by atoms with Gasteiger partial charge in [0.15, 0.2) is 0 Å². The third-order valence-electron chi connectivity index (χ3n) is 4.33. The average molecular weight is 444 g/mol. The highest BCUT2D eigenvalue weighted by Crippen LogP contribution is 2.21. The number of pyridine rings is 1. The molecule has 11 heteroatoms. The summed E-state index contributed by atoms with van der Waals surface area (Å²) in [5.41, 5.74) is -0.507. The summed E-state index contributed by atoms with van der Waals surface area (Å²) in [6.45, 7) is 0.600. The highest BCUT2D eigenvalue weighted by atomic mass is 32.2. The van der Waals surface area contributed by atoms with Crippen LogP contribution in [0.4, 0.5) is 0 Å². The molecule has 0 aliphatic heterocycles. The monoisotopic (exact) mass is 444 g/mol. The minimum absolute atomic E-state index is 0.154. The molecule has 162 valence electrons. The number of ether oxygens (including phenoxy) is 1. The second-order valence-electron chi connectivity index (χ2n) is 6.77. The summed E-state index contributed by atoms with van der Waals surface area (Å²) in [5, 5.41) is 9.74. The molecule has 1 N–H and O–H groups in total. The number of aromatic nitrogens is 3. The van der Waals surface area contributed by atoms with Crippen LogP contribution in [0.2, 0.25) is 0 Å². The van der Waals surface area contributed by atoms with E-state index in [1.165, 1.54) is 12.4 Å². The maximum atomic E-state index is 12.1. The van der Waals surface area contributed by atoms with Gasteiger partial charge in [0.05, 0.1) is 36.9 Å². The molecule has 0 spiro atoms. The third-order valence-corrected chi connectivity index (χ3v) is 4.93. The lowest BCUT2D eigenvalue weighted by Crippen LogP contribution is -2.30. The van der Waals surface area contributed by atoms with E-state index in [2.05, 4.69) is 14.2 Å². The molecular formula is C20H20N4O6S. The number of hydrogen-bond donors (Lipinski definition) is 1. The van der Waals surface area contributed by atoms with Crippen LogP contribution in [0, 0.1) is 11.3 Å². The van der Waals surface area contributed by atoms with Gasteiger partial charge in [-0.05, 0) is 43.5 Å². The first kappa shape index (κ1) is 22.2. The standard InChI is InChI=1S/C20H20N4O6S/c1-31(27,28)30-8-4-2-3-7-29-17-5-6-18-14(10-17)9-16(12-22-18)24-13-15(11-21)19(25)23-20(24)26/h5-6,9-10,12-13H,2-4,7-8H2,1H3,(H,23,25,26). The van der Waals surface area contributed by atoms with E-state index in [-0.39, 0.29) is 12.2 Å². The van der Waals surface area contributed by atoms with Crippen LogP contribution in [0.1, 0.15) is 24.8 Å². The number of nitrogens with one attached hydrogen (secondary N) is 1. The molecule has 3 aromatic rings. The number of unbranched alkanes of at least 4 members (excludes halogenated alkanes) is 2. The summed E-state index contributed by atoms with van der Waals surface area (Å²) in [6, 6.07) is 8.79. The van der Waals surface area contributed by atoms with Gasteiger partial charge in [-0.1, -0.05) is 0 Å². The van der Waals surface area contributed by atoms with E-state index in [1.54, 1.807) is 30.3 Å². The number of fused-ring (bicyclic) bond motifs is 1. The molecule has 0 radical (unpaired) electrons. The van der Waals surface area contributed by atoms with Crippen molar-refractivity contribution in [3.05, 3.63) is 63.1 Å². The molecule has 0 unspecified atom stereocenters. The van der Waals surface area contributed by atoms with Gasteiger partial charge in [0.25, 0.3) is 15.7 Å². The Balaban J connectivity index is 1.68. The normalized spacial score (nSPS) is 11.4. The number of rotatable bonds is 9. The van der Waals surface area contributed by atoms with Crippen molar-refractivity contribution in [3.8, 4) is 17.5 Å². The van der Waals surface area contributed by atoms with Gasteiger partial charge in [-0.25, -0.2) is 4.79 Å². The molecule has 3 rings (SSSR count). The number of nitriles is 1. The largest absolute Gasteiger partial charge is 0.494 e. The maximum absolute atomic E-state index is 12.1. The van der Waals surface area contributed by atoms with Crippen LogP contribution in [0.25, 0.3) is 16.6 Å². The highest BCUT2D eigenvalue weighted by molar-refractivity contribution is 7.85. The van der Waals surface area contributed by atoms with Crippen LogP contribution in [-0.4, -0.2) is 42.4 Å². The minimum atomic E-state index is -3.40. The third kappa shape index (κ3) is 6.00. The first-order chi connectivity index (χ1) is 14.8. The van der Waals surface area contributed by atoms with E-state index in [9.17, 15) is 18.0 Å². The lowest BCUT2D eigenvalue weighted by atomic mass is 10.2. The summed E-state index contributed by atoms with van der Waals surface area (Å²) in [4.78, 5) is 30.1. The Kier molecular flexibility index (Phi) is 6.84. The van der Waals surface area contributed by atoms with E-state index < -0.39 is 21.4 Å². The Morgan fingerprint density at radius 3 is 2.68 bits per heavy atom. The number of hydrogen-bond acceptors (Lipinski definition) is 8. The average Bonchev–Trinajstić information content (AvgIpc) is 2.72. The number of H-pyrrole nitrogens is 1. The van der Waals surface area contributed by atoms with Crippen molar-refractivity contribution in [3.63, 3.8) is 0 Å². The van der Waals surface area contributed by atoms with Crippen molar-refractivity contribution in [2.75, 3.05) is 19.5 Å². The zero-order chi connectivity index (χ0) is 22.4. The fraction of sp³-hybridized carbons (Fsp3) is 0.300. The first-order valence-electron chi connectivity index (χ1n) is 9.40. The molecule has 0 aliphatic carbocycles. The minimum Gasteiger partial charge on any atom is -0.494 e. The lowest BCUT2D eigenvalue weighted by Gasteiger charge is -2.09. The lowest BCUT2D eigenvalue weighted by molar-refractivity contribution is 0.283. The maximum Gasteiger partial charge on any atom is 0.333 e. The number of benzene rings is 1. The molecule has 2 heterocycles. The zero-order valence-electron chi connectivity index (χ0n) is 16.7. The van der Waals surface area contributed by atoms with E-state index in [0.717, 1.165) is 23.7 Å². The fourth-order valence-electron chi connectivity index (χ4n) is 2.84. The Morgan fingerprint density at radius 1 is 1.16 bits per heavy atom. The number of aromatic amines is 1. The van der Waals surface area contributed by atoms with Crippen LogP contribution in [0.15, 0.2) is 46.2 Å². The van der Waals surface area contributed by atoms with Crippen molar-refractivity contribution in [2.24, 2.45) is 0 Å². The van der Waals surface area contributed by atoms with Crippen LogP contribution in [0.5, 0.6) is 5.75 Å². The Hall–Kier alpha value is -3.49. The van der Waals surface area contributed by atoms with Crippen LogP contribution < -0.4 is 16.0 Å². The van der Waals surface area contributed by atoms with Crippen LogP contribution in [0.3, 0.4) is 0 Å². The Labute approximate surface area is 177 Å². The van der Waals surface area contributed by atoms with Gasteiger partial charge in [-0.2, -0.15) is 13.7 Å². The van der Waals surface area contributed by atoms with Gasteiger partial charge in [0.1, 0.15) is 17.4 Å². The molecule has 0 amide bonds. The molecule has 0 saturated heterocycles. The van der Waals surface area contributed by atoms with Gasteiger partial charge in [-0.3, -0.25) is 23.5 Å². The zero-order valence-corrected chi connectivity index (χ0v) is 17.5. The summed E-state index contributed by atoms with van der Waals surface area (Å²) in [6.07, 6.45) is 5.77. The Morgan fingerprint density at radius 2 is 1.94 bits per heavy atom. The molecule has 2 aromatic heterocycles. The molecule has 0 saturated carbocycles. The molecular weight excluding hydrogens is 424 g/mol. The van der Waals surface area contributed by atoms with Gasteiger partial charge >= 0.3 is 5.69 Å². The number of nitrogens with zero attached hydrogens (tertiary/aromatic N) is 3. The molecule has 10 nitrogen and oxygen atoms in total. The summed E-state index contributed by atoms with van der Waals surface area (Å²) in [7, 11) is -3.40. The van der Waals surface area contributed by atoms with Gasteiger partial charge in [0, 0.05) is 11.6 Å². The van der Waals surface area contributed by atoms with E-state index in [0.29, 0.717) is 35.4 Å². The molecule has 0 atom stereocenters. The van der Waals surface area contributed by atoms with Crippen molar-refractivity contribution in [1.82, 2.24) is 14.5 Å². The van der Waals surface area contributed by atoms with Crippen LogP contribution in [-0.2, 0) is 14.3 Å². The highest BCUT2D eigenvalue weighted by Gasteiger charge is 2.08. The van der Waals surface area contributed by atoms with Gasteiger partial charge < -0.3 is 4.74 Å². The van der Waals surface area contributed by atoms with Crippen molar-refractivity contribution >= 4 is 21.0 Å². The molecule has 0 bridgehead atoms. The SMILES string of the molecule is CS(=O)(=O)OCCCCCOc1ccc2ncc(-n3cc(C#N)c(=O)[nH]c3=O)cc2c1. The van der Waals surface area contributed by atoms with E-state index in [4.69, 9.17) is 10.00 Å². The summed E-state index contributed by atoms with van der Waals surface area (Å²) >= 11 is 0. The quantitative estimate of drug-likeness (QED) is 0.386. The van der Waals surface area contributed by atoms with Crippen LogP contribution >= 0.6 is 0 Å². The summed E-state index contributed by atoms with van der Waals surface area (Å²) < 4.78 is 33.4. The van der Waals surface area contributed by atoms with E-state index >= 15 is 0 Å². The molecule has 0 aliphatic rings. The fourth-order valence-corrected chi connectivity index (χ4v) is 3.26. The second kappa shape index (κ2) is 9.55. The predicted octanol–water partition coefficient (Wildman–Crippen LogP) is 1.47. The molecule has 31 heavy (non-hydrogen) atoms. The topological polar surface area (TPSA) is 144 Å². The second-order valence-corrected chi connectivity index (χ2v) is 8.41. The first-order valence-corrected chi connectivity index (χ1v) is 11.2. The molecule has 0 fully saturated rings. The molecule has 1 aromatic carbocycles. The van der Waals surface area contributed by atoms with E-state index in [1.807, 2.05) is 0 Å². The van der Waals surface area contributed by atoms with Gasteiger partial charge in [-0.15, -0.1) is 0 Å². The van der Waals surface area contributed by atoms with Crippen molar-refractivity contribution < 1.29 is 17.3 Å². The predicted molar refractivity (Wildman–Crippen MR) is 113 cm³/mol. The smallest absolute Gasteiger partial charge is 0.333 e.